The molecule has 0 amide bonds. The molecule has 1 aromatic carbocycles. The van der Waals surface area contributed by atoms with Crippen LogP contribution >= 0.6 is 22.6 Å². The highest BCUT2D eigenvalue weighted by Crippen LogP contribution is 2.24. The Bertz CT molecular complexity index is 310. The quantitative estimate of drug-likeness (QED) is 0.850. The van der Waals surface area contributed by atoms with Crippen LogP contribution in [0, 0.1) is 3.57 Å². The number of rotatable bonds is 2. The van der Waals surface area contributed by atoms with Crippen LogP contribution in [0.5, 0.6) is 5.75 Å². The van der Waals surface area contributed by atoms with Crippen molar-refractivity contribution in [1.82, 2.24) is 0 Å². The van der Waals surface area contributed by atoms with Crippen molar-refractivity contribution < 1.29 is 9.84 Å². The van der Waals surface area contributed by atoms with Crippen molar-refractivity contribution in [2.45, 2.75) is 37.9 Å². The van der Waals surface area contributed by atoms with E-state index in [2.05, 4.69) is 22.6 Å². The van der Waals surface area contributed by atoms with Crippen molar-refractivity contribution in [3.8, 4) is 5.75 Å². The number of aliphatic hydroxyl groups is 1. The average molecular weight is 318 g/mol. The third-order valence-electron chi connectivity index (χ3n) is 2.77. The molecule has 1 aliphatic rings. The summed E-state index contributed by atoms with van der Waals surface area (Å²) in [6, 6.07) is 7.96. The van der Waals surface area contributed by atoms with E-state index in [4.69, 9.17) is 4.74 Å². The molecule has 0 bridgehead atoms. The molecule has 1 fully saturated rings. The van der Waals surface area contributed by atoms with Gasteiger partial charge < -0.3 is 9.84 Å². The van der Waals surface area contributed by atoms with E-state index in [1.54, 1.807) is 0 Å². The summed E-state index contributed by atoms with van der Waals surface area (Å²) in [5, 5.41) is 9.76. The minimum atomic E-state index is -0.293. The van der Waals surface area contributed by atoms with Crippen molar-refractivity contribution in [2.75, 3.05) is 0 Å². The van der Waals surface area contributed by atoms with Crippen molar-refractivity contribution in [3.63, 3.8) is 0 Å². The highest BCUT2D eigenvalue weighted by molar-refractivity contribution is 14.1. The van der Waals surface area contributed by atoms with Crippen LogP contribution in [0.4, 0.5) is 0 Å². The Balaban J connectivity index is 1.98. The summed E-state index contributed by atoms with van der Waals surface area (Å²) in [6.07, 6.45) is 3.80. The molecule has 0 heterocycles. The second kappa shape index (κ2) is 5.16. The Morgan fingerprint density at radius 1 is 1.13 bits per heavy atom. The molecule has 1 aliphatic carbocycles. The van der Waals surface area contributed by atoms with Crippen LogP contribution in [0.1, 0.15) is 25.7 Å². The van der Waals surface area contributed by atoms with Crippen LogP contribution < -0.4 is 4.74 Å². The zero-order valence-electron chi connectivity index (χ0n) is 8.53. The summed E-state index contributed by atoms with van der Waals surface area (Å²) >= 11 is 2.27. The van der Waals surface area contributed by atoms with Gasteiger partial charge in [-0.3, -0.25) is 0 Å². The summed E-state index contributed by atoms with van der Waals surface area (Å²) in [4.78, 5) is 0. The molecule has 0 saturated heterocycles. The zero-order chi connectivity index (χ0) is 10.7. The number of aliphatic hydroxyl groups excluding tert-OH is 1. The molecule has 0 unspecified atom stereocenters. The van der Waals surface area contributed by atoms with E-state index in [1.807, 2.05) is 24.3 Å². The zero-order valence-corrected chi connectivity index (χ0v) is 10.7. The third kappa shape index (κ3) is 3.08. The molecule has 0 aliphatic heterocycles. The summed E-state index contributed by atoms with van der Waals surface area (Å²) in [5.74, 6) is 0.862. The van der Waals surface area contributed by atoms with Crippen molar-refractivity contribution in [3.05, 3.63) is 27.8 Å². The molecule has 15 heavy (non-hydrogen) atoms. The highest BCUT2D eigenvalue weighted by Gasteiger charge is 2.24. The molecule has 2 nitrogen and oxygen atoms in total. The number of benzene rings is 1. The molecule has 1 saturated carbocycles. The highest BCUT2D eigenvalue weighted by atomic mass is 127. The van der Waals surface area contributed by atoms with E-state index in [-0.39, 0.29) is 12.2 Å². The smallest absolute Gasteiger partial charge is 0.124 e. The molecular weight excluding hydrogens is 303 g/mol. The molecule has 0 aromatic heterocycles. The van der Waals surface area contributed by atoms with Crippen LogP contribution in [0.15, 0.2) is 24.3 Å². The fourth-order valence-corrected chi connectivity index (χ4v) is 2.26. The molecule has 1 N–H and O–H groups in total. The normalized spacial score (nSPS) is 26.3. The van der Waals surface area contributed by atoms with Gasteiger partial charge in [0.2, 0.25) is 0 Å². The average Bonchev–Trinajstić information content (AvgIpc) is 2.25. The van der Waals surface area contributed by atoms with E-state index < -0.39 is 0 Å². The van der Waals surface area contributed by atoms with Gasteiger partial charge in [0.1, 0.15) is 11.9 Å². The van der Waals surface area contributed by atoms with Gasteiger partial charge in [0, 0.05) is 3.57 Å². The number of hydrogen-bond donors (Lipinski definition) is 1. The molecule has 0 spiro atoms. The van der Waals surface area contributed by atoms with E-state index in [0.29, 0.717) is 0 Å². The lowest BCUT2D eigenvalue weighted by molar-refractivity contribution is 0.00687. The molecule has 2 atom stereocenters. The van der Waals surface area contributed by atoms with Gasteiger partial charge in [-0.05, 0) is 66.1 Å². The molecule has 3 heteroatoms. The van der Waals surface area contributed by atoms with Crippen LogP contribution in [-0.4, -0.2) is 17.3 Å². The fraction of sp³-hybridized carbons (Fsp3) is 0.500. The molecule has 0 radical (unpaired) electrons. The Morgan fingerprint density at radius 3 is 2.47 bits per heavy atom. The van der Waals surface area contributed by atoms with Crippen molar-refractivity contribution >= 4 is 22.6 Å². The summed E-state index contributed by atoms with van der Waals surface area (Å²) in [6.45, 7) is 0. The largest absolute Gasteiger partial charge is 0.488 e. The maximum Gasteiger partial charge on any atom is 0.124 e. The van der Waals surface area contributed by atoms with Crippen LogP contribution in [0.2, 0.25) is 0 Å². The van der Waals surface area contributed by atoms with Gasteiger partial charge in [-0.25, -0.2) is 0 Å². The molecule has 1 aromatic rings. The molecule has 82 valence electrons. The van der Waals surface area contributed by atoms with E-state index in [0.717, 1.165) is 31.4 Å². The Morgan fingerprint density at radius 2 is 1.80 bits per heavy atom. The lowest BCUT2D eigenvalue weighted by Gasteiger charge is -2.28. The first kappa shape index (κ1) is 11.2. The van der Waals surface area contributed by atoms with Crippen molar-refractivity contribution in [2.24, 2.45) is 0 Å². The molecule has 2 rings (SSSR count). The maximum atomic E-state index is 9.76. The lowest BCUT2D eigenvalue weighted by atomic mass is 9.95. The van der Waals surface area contributed by atoms with Gasteiger partial charge in [-0.2, -0.15) is 0 Å². The number of halogens is 1. The first-order valence-corrected chi connectivity index (χ1v) is 6.44. The molecular formula is C12H15IO2. The van der Waals surface area contributed by atoms with Gasteiger partial charge in [-0.1, -0.05) is 6.42 Å². The summed E-state index contributed by atoms with van der Waals surface area (Å²) in [5.41, 5.74) is 0. The monoisotopic (exact) mass is 318 g/mol. The minimum Gasteiger partial charge on any atom is -0.488 e. The lowest BCUT2D eigenvalue weighted by Crippen LogP contribution is -2.34. The number of ether oxygens (including phenoxy) is 1. The predicted molar refractivity (Wildman–Crippen MR) is 68.0 cm³/mol. The SMILES string of the molecule is O[C@H]1CCCC[C@@H]1Oc1ccc(I)cc1. The first-order chi connectivity index (χ1) is 7.25. The van der Waals surface area contributed by atoms with E-state index >= 15 is 0 Å². The summed E-state index contributed by atoms with van der Waals surface area (Å²) < 4.78 is 6.97. The fourth-order valence-electron chi connectivity index (χ4n) is 1.90. The second-order valence-electron chi connectivity index (χ2n) is 3.96. The maximum absolute atomic E-state index is 9.76. The Hall–Kier alpha value is -0.290. The van der Waals surface area contributed by atoms with Gasteiger partial charge >= 0.3 is 0 Å². The standard InChI is InChI=1S/C12H15IO2/c13-9-5-7-10(8-6-9)15-12-4-2-1-3-11(12)14/h5-8,11-12,14H,1-4H2/t11-,12-/m0/s1. The van der Waals surface area contributed by atoms with E-state index in [1.165, 1.54) is 3.57 Å². The van der Waals surface area contributed by atoms with Gasteiger partial charge in [0.05, 0.1) is 6.10 Å². The van der Waals surface area contributed by atoms with Crippen LogP contribution in [0.3, 0.4) is 0 Å². The number of hydrogen-bond acceptors (Lipinski definition) is 2. The topological polar surface area (TPSA) is 29.5 Å². The third-order valence-corrected chi connectivity index (χ3v) is 3.49. The Kier molecular flexibility index (Phi) is 3.86. The van der Waals surface area contributed by atoms with Crippen LogP contribution in [0.25, 0.3) is 0 Å². The van der Waals surface area contributed by atoms with Gasteiger partial charge in [0.25, 0.3) is 0 Å². The predicted octanol–water partition coefficient (Wildman–Crippen LogP) is 2.97. The first-order valence-electron chi connectivity index (χ1n) is 5.36. The van der Waals surface area contributed by atoms with Crippen LogP contribution in [-0.2, 0) is 0 Å². The van der Waals surface area contributed by atoms with Crippen molar-refractivity contribution in [1.29, 1.82) is 0 Å². The Labute approximate surface area is 104 Å². The minimum absolute atomic E-state index is 0.0150. The van der Waals surface area contributed by atoms with Gasteiger partial charge in [-0.15, -0.1) is 0 Å². The van der Waals surface area contributed by atoms with Gasteiger partial charge in [0.15, 0.2) is 0 Å². The second-order valence-corrected chi connectivity index (χ2v) is 5.21. The van der Waals surface area contributed by atoms with E-state index in [9.17, 15) is 5.11 Å². The summed E-state index contributed by atoms with van der Waals surface area (Å²) in [7, 11) is 0.